The predicted molar refractivity (Wildman–Crippen MR) is 93.1 cm³/mol. The highest BCUT2D eigenvalue weighted by Gasteiger charge is 1.98. The fraction of sp³-hybridized carbons (Fsp3) is 0.167. The molecule has 0 aromatic heterocycles. The lowest BCUT2D eigenvalue weighted by Gasteiger charge is -2.03. The highest BCUT2D eigenvalue weighted by molar-refractivity contribution is 5.70. The SMILES string of the molecule is CN(C)/N=N\c1ccc(/C=C\c2ccc(OCC(=O)O)cc2)cc1. The molecule has 0 saturated heterocycles. The van der Waals surface area contributed by atoms with Crippen LogP contribution in [0.15, 0.2) is 58.9 Å². The lowest BCUT2D eigenvalue weighted by Crippen LogP contribution is -2.09. The van der Waals surface area contributed by atoms with Gasteiger partial charge in [0.2, 0.25) is 0 Å². The Morgan fingerprint density at radius 2 is 1.58 bits per heavy atom. The van der Waals surface area contributed by atoms with Gasteiger partial charge in [0, 0.05) is 14.1 Å². The molecule has 6 nitrogen and oxygen atoms in total. The van der Waals surface area contributed by atoms with Crippen LogP contribution in [0, 0.1) is 0 Å². The molecule has 2 aromatic carbocycles. The zero-order chi connectivity index (χ0) is 17.4. The van der Waals surface area contributed by atoms with E-state index in [4.69, 9.17) is 9.84 Å². The zero-order valence-corrected chi connectivity index (χ0v) is 13.6. The van der Waals surface area contributed by atoms with E-state index in [-0.39, 0.29) is 6.61 Å². The molecule has 0 bridgehead atoms. The fourth-order valence-electron chi connectivity index (χ4n) is 1.81. The van der Waals surface area contributed by atoms with Crippen LogP contribution in [0.3, 0.4) is 0 Å². The summed E-state index contributed by atoms with van der Waals surface area (Å²) in [5.41, 5.74) is 2.83. The first kappa shape index (κ1) is 17.2. The summed E-state index contributed by atoms with van der Waals surface area (Å²) in [4.78, 5) is 10.4. The summed E-state index contributed by atoms with van der Waals surface area (Å²) in [5.74, 6) is -0.460. The van der Waals surface area contributed by atoms with Gasteiger partial charge in [0.25, 0.3) is 0 Å². The van der Waals surface area contributed by atoms with E-state index in [1.165, 1.54) is 0 Å². The van der Waals surface area contributed by atoms with Crippen molar-refractivity contribution in [2.24, 2.45) is 10.3 Å². The summed E-state index contributed by atoms with van der Waals surface area (Å²) in [6.07, 6.45) is 3.96. The number of carboxylic acids is 1. The summed E-state index contributed by atoms with van der Waals surface area (Å²) >= 11 is 0. The van der Waals surface area contributed by atoms with Crippen LogP contribution in [0.25, 0.3) is 12.2 Å². The number of carboxylic acid groups (broad SMARTS) is 1. The average Bonchev–Trinajstić information content (AvgIpc) is 2.58. The second kappa shape index (κ2) is 8.47. The maximum Gasteiger partial charge on any atom is 0.341 e. The van der Waals surface area contributed by atoms with Crippen LogP contribution in [0.4, 0.5) is 5.69 Å². The third-order valence-corrected chi connectivity index (χ3v) is 2.94. The van der Waals surface area contributed by atoms with Crippen molar-refractivity contribution >= 4 is 23.8 Å². The first-order valence-corrected chi connectivity index (χ1v) is 7.35. The van der Waals surface area contributed by atoms with Gasteiger partial charge in [-0.25, -0.2) is 4.79 Å². The summed E-state index contributed by atoms with van der Waals surface area (Å²) in [6, 6.07) is 14.9. The van der Waals surface area contributed by atoms with Gasteiger partial charge in [0.15, 0.2) is 6.61 Å². The number of hydrogen-bond acceptors (Lipinski definition) is 4. The zero-order valence-electron chi connectivity index (χ0n) is 13.6. The maximum atomic E-state index is 10.4. The quantitative estimate of drug-likeness (QED) is 0.476. The molecule has 6 heteroatoms. The molecule has 2 rings (SSSR count). The van der Waals surface area contributed by atoms with Gasteiger partial charge in [-0.1, -0.05) is 41.6 Å². The third kappa shape index (κ3) is 5.92. The average molecular weight is 325 g/mol. The summed E-state index contributed by atoms with van der Waals surface area (Å²) in [7, 11) is 3.64. The van der Waals surface area contributed by atoms with E-state index in [0.717, 1.165) is 16.8 Å². The van der Waals surface area contributed by atoms with E-state index < -0.39 is 5.97 Å². The van der Waals surface area contributed by atoms with Crippen molar-refractivity contribution in [3.05, 3.63) is 59.7 Å². The number of carbonyl (C=O) groups is 1. The van der Waals surface area contributed by atoms with Crippen LogP contribution in [-0.2, 0) is 4.79 Å². The molecule has 0 unspecified atom stereocenters. The smallest absolute Gasteiger partial charge is 0.341 e. The Balaban J connectivity index is 1.96. The van der Waals surface area contributed by atoms with Crippen LogP contribution in [0.5, 0.6) is 5.75 Å². The molecule has 0 saturated carbocycles. The van der Waals surface area contributed by atoms with Gasteiger partial charge >= 0.3 is 5.97 Å². The van der Waals surface area contributed by atoms with E-state index in [0.29, 0.717) is 5.75 Å². The normalized spacial score (nSPS) is 11.1. The molecule has 0 atom stereocenters. The van der Waals surface area contributed by atoms with Gasteiger partial charge in [0.1, 0.15) is 5.75 Å². The molecule has 0 aliphatic rings. The topological polar surface area (TPSA) is 74.5 Å². The molecule has 0 heterocycles. The lowest BCUT2D eigenvalue weighted by atomic mass is 10.1. The van der Waals surface area contributed by atoms with Crippen molar-refractivity contribution in [2.75, 3.05) is 20.7 Å². The minimum absolute atomic E-state index is 0.341. The largest absolute Gasteiger partial charge is 0.482 e. The van der Waals surface area contributed by atoms with Crippen molar-refractivity contribution in [3.63, 3.8) is 0 Å². The number of benzene rings is 2. The molecule has 1 N–H and O–H groups in total. The van der Waals surface area contributed by atoms with E-state index >= 15 is 0 Å². The second-order valence-electron chi connectivity index (χ2n) is 5.21. The van der Waals surface area contributed by atoms with Crippen LogP contribution >= 0.6 is 0 Å². The maximum absolute atomic E-state index is 10.4. The van der Waals surface area contributed by atoms with Gasteiger partial charge in [0.05, 0.1) is 5.69 Å². The summed E-state index contributed by atoms with van der Waals surface area (Å²) < 4.78 is 5.09. The standard InChI is InChI=1S/C18H19N3O3/c1-21(2)20-19-16-9-5-14(6-10-16)3-4-15-7-11-17(12-8-15)24-13-18(22)23/h3-12H,13H2,1-2H3,(H,22,23)/b4-3-,20-19-. The number of ether oxygens (including phenoxy) is 1. The first-order valence-electron chi connectivity index (χ1n) is 7.35. The van der Waals surface area contributed by atoms with Crippen molar-refractivity contribution in [3.8, 4) is 5.75 Å². The Labute approximate surface area is 140 Å². The first-order chi connectivity index (χ1) is 11.5. The van der Waals surface area contributed by atoms with Crippen LogP contribution < -0.4 is 4.74 Å². The van der Waals surface area contributed by atoms with E-state index in [2.05, 4.69) is 10.3 Å². The van der Waals surface area contributed by atoms with Crippen molar-refractivity contribution < 1.29 is 14.6 Å². The molecule has 0 amide bonds. The van der Waals surface area contributed by atoms with E-state index in [1.807, 2.05) is 62.6 Å². The van der Waals surface area contributed by atoms with Crippen molar-refractivity contribution in [1.29, 1.82) is 0 Å². The lowest BCUT2D eigenvalue weighted by molar-refractivity contribution is -0.139. The highest BCUT2D eigenvalue weighted by atomic mass is 16.5. The summed E-state index contributed by atoms with van der Waals surface area (Å²) in [6.45, 7) is -0.341. The van der Waals surface area contributed by atoms with E-state index in [1.54, 1.807) is 17.1 Å². The van der Waals surface area contributed by atoms with Gasteiger partial charge < -0.3 is 9.84 Å². The molecular weight excluding hydrogens is 306 g/mol. The third-order valence-electron chi connectivity index (χ3n) is 2.94. The molecule has 2 aromatic rings. The van der Waals surface area contributed by atoms with Gasteiger partial charge in [-0.15, -0.1) is 5.11 Å². The molecule has 0 aliphatic heterocycles. The Hall–Kier alpha value is -3.15. The second-order valence-corrected chi connectivity index (χ2v) is 5.21. The number of aliphatic carboxylic acids is 1. The molecule has 124 valence electrons. The van der Waals surface area contributed by atoms with Gasteiger partial charge in [-0.2, -0.15) is 0 Å². The summed E-state index contributed by atoms with van der Waals surface area (Å²) in [5, 5.41) is 18.2. The minimum Gasteiger partial charge on any atom is -0.482 e. The monoisotopic (exact) mass is 325 g/mol. The molecule has 0 fully saturated rings. The molecule has 0 aliphatic carbocycles. The fourth-order valence-corrected chi connectivity index (χ4v) is 1.81. The number of nitrogens with zero attached hydrogens (tertiary/aromatic N) is 3. The Morgan fingerprint density at radius 1 is 1.04 bits per heavy atom. The minimum atomic E-state index is -0.993. The van der Waals surface area contributed by atoms with E-state index in [9.17, 15) is 4.79 Å². The van der Waals surface area contributed by atoms with Crippen LogP contribution in [0.2, 0.25) is 0 Å². The number of rotatable bonds is 7. The van der Waals surface area contributed by atoms with Gasteiger partial charge in [-0.3, -0.25) is 5.01 Å². The predicted octanol–water partition coefficient (Wildman–Crippen LogP) is 3.88. The highest BCUT2D eigenvalue weighted by Crippen LogP contribution is 2.17. The van der Waals surface area contributed by atoms with Crippen molar-refractivity contribution in [1.82, 2.24) is 5.01 Å². The Kier molecular flexibility index (Phi) is 6.08. The van der Waals surface area contributed by atoms with Crippen LogP contribution in [-0.4, -0.2) is 36.8 Å². The Bertz CT molecular complexity index is 720. The molecule has 24 heavy (non-hydrogen) atoms. The van der Waals surface area contributed by atoms with Gasteiger partial charge in [-0.05, 0) is 35.4 Å². The van der Waals surface area contributed by atoms with Crippen molar-refractivity contribution in [2.45, 2.75) is 0 Å². The molecule has 0 radical (unpaired) electrons. The molecule has 0 spiro atoms. The van der Waals surface area contributed by atoms with Crippen LogP contribution in [0.1, 0.15) is 11.1 Å². The number of hydrogen-bond donors (Lipinski definition) is 1. The molecular formula is C18H19N3O3. The Morgan fingerprint density at radius 3 is 2.08 bits per heavy atom.